The van der Waals surface area contributed by atoms with Gasteiger partial charge in [-0.3, -0.25) is 4.79 Å². The molecule has 0 saturated carbocycles. The predicted molar refractivity (Wildman–Crippen MR) is 114 cm³/mol. The van der Waals surface area contributed by atoms with Gasteiger partial charge in [0.2, 0.25) is 10.0 Å². The van der Waals surface area contributed by atoms with Crippen LogP contribution in [0.1, 0.15) is 39.3 Å². The molecule has 0 radical (unpaired) electrons. The number of sulfonamides is 1. The zero-order valence-corrected chi connectivity index (χ0v) is 17.8. The summed E-state index contributed by atoms with van der Waals surface area (Å²) in [6, 6.07) is 14.5. The molecule has 4 rings (SSSR count). The first-order chi connectivity index (χ1) is 14.4. The van der Waals surface area contributed by atoms with Gasteiger partial charge in [-0.05, 0) is 68.6 Å². The summed E-state index contributed by atoms with van der Waals surface area (Å²) >= 11 is 0. The molecular formula is C22H24N4O3S. The van der Waals surface area contributed by atoms with Crippen molar-refractivity contribution in [3.63, 3.8) is 0 Å². The van der Waals surface area contributed by atoms with E-state index in [1.807, 2.05) is 35.0 Å². The lowest BCUT2D eigenvalue weighted by atomic mass is 10.1. The van der Waals surface area contributed by atoms with Gasteiger partial charge in [0.05, 0.1) is 22.8 Å². The van der Waals surface area contributed by atoms with Crippen molar-refractivity contribution >= 4 is 15.9 Å². The molecule has 0 aliphatic heterocycles. The topological polar surface area (TPSA) is 93.1 Å². The molecule has 0 atom stereocenters. The number of amides is 1. The molecule has 1 aliphatic rings. The Bertz CT molecular complexity index is 1200. The van der Waals surface area contributed by atoms with Crippen molar-refractivity contribution in [2.24, 2.45) is 0 Å². The van der Waals surface area contributed by atoms with E-state index < -0.39 is 10.0 Å². The average molecular weight is 425 g/mol. The molecule has 0 spiro atoms. The highest BCUT2D eigenvalue weighted by molar-refractivity contribution is 7.89. The number of carbonyl (C=O) groups is 1. The molecule has 3 aromatic rings. The van der Waals surface area contributed by atoms with Crippen molar-refractivity contribution in [3.8, 4) is 5.69 Å². The number of aromatic nitrogens is 2. The number of benzene rings is 2. The predicted octanol–water partition coefficient (Wildman–Crippen LogP) is 2.51. The van der Waals surface area contributed by atoms with Crippen LogP contribution in [0.5, 0.6) is 0 Å². The standard InChI is InChI=1S/C22H24N4O3S/c1-15-11-12-17(30(28,29)23-2)13-19(15)22(27)24-14-20-18-9-6-10-21(18)26(25-20)16-7-4-3-5-8-16/h3-5,7-8,11-13,23H,6,9-10,14H2,1-2H3,(H,24,27). The molecule has 7 nitrogen and oxygen atoms in total. The Labute approximate surface area is 176 Å². The third-order valence-corrected chi connectivity index (χ3v) is 6.88. The van der Waals surface area contributed by atoms with Crippen LogP contribution in [0.4, 0.5) is 0 Å². The number of hydrogen-bond donors (Lipinski definition) is 2. The molecule has 1 heterocycles. The van der Waals surface area contributed by atoms with Crippen LogP contribution in [0, 0.1) is 6.92 Å². The van der Waals surface area contributed by atoms with Crippen LogP contribution < -0.4 is 10.0 Å². The Morgan fingerprint density at radius 3 is 2.63 bits per heavy atom. The molecule has 8 heteroatoms. The summed E-state index contributed by atoms with van der Waals surface area (Å²) in [5.41, 5.74) is 5.31. The van der Waals surface area contributed by atoms with Crippen LogP contribution >= 0.6 is 0 Å². The molecule has 2 N–H and O–H groups in total. The Kier molecular flexibility index (Phi) is 5.44. The van der Waals surface area contributed by atoms with Crippen LogP contribution in [0.2, 0.25) is 0 Å². The van der Waals surface area contributed by atoms with Crippen LogP contribution in [-0.4, -0.2) is 31.2 Å². The van der Waals surface area contributed by atoms with E-state index >= 15 is 0 Å². The number of aryl methyl sites for hydroxylation is 1. The summed E-state index contributed by atoms with van der Waals surface area (Å²) in [7, 11) is -2.27. The number of fused-ring (bicyclic) bond motifs is 1. The number of rotatable bonds is 6. The maximum Gasteiger partial charge on any atom is 0.251 e. The average Bonchev–Trinajstić information content (AvgIpc) is 3.36. The summed E-state index contributed by atoms with van der Waals surface area (Å²) in [5.74, 6) is -0.318. The molecule has 2 aromatic carbocycles. The lowest BCUT2D eigenvalue weighted by Crippen LogP contribution is -2.25. The van der Waals surface area contributed by atoms with E-state index in [0.717, 1.165) is 30.6 Å². The number of nitrogens with zero attached hydrogens (tertiary/aromatic N) is 2. The smallest absolute Gasteiger partial charge is 0.251 e. The van der Waals surface area contributed by atoms with Crippen molar-refractivity contribution in [1.29, 1.82) is 0 Å². The van der Waals surface area contributed by atoms with Gasteiger partial charge in [-0.1, -0.05) is 24.3 Å². The fourth-order valence-electron chi connectivity index (χ4n) is 3.83. The van der Waals surface area contributed by atoms with E-state index in [2.05, 4.69) is 10.0 Å². The van der Waals surface area contributed by atoms with E-state index in [1.54, 1.807) is 13.0 Å². The maximum atomic E-state index is 12.8. The van der Waals surface area contributed by atoms with Crippen LogP contribution in [-0.2, 0) is 29.4 Å². The Balaban J connectivity index is 1.58. The summed E-state index contributed by atoms with van der Waals surface area (Å²) in [5, 5.41) is 7.67. The Hall–Kier alpha value is -2.97. The minimum atomic E-state index is -3.62. The molecule has 30 heavy (non-hydrogen) atoms. The van der Waals surface area contributed by atoms with E-state index in [9.17, 15) is 13.2 Å². The summed E-state index contributed by atoms with van der Waals surface area (Å²) in [6.45, 7) is 2.08. The Morgan fingerprint density at radius 2 is 1.90 bits per heavy atom. The van der Waals surface area contributed by atoms with Crippen LogP contribution in [0.25, 0.3) is 5.69 Å². The molecule has 0 fully saturated rings. The highest BCUT2D eigenvalue weighted by Gasteiger charge is 2.24. The quantitative estimate of drug-likeness (QED) is 0.636. The van der Waals surface area contributed by atoms with Gasteiger partial charge in [0.25, 0.3) is 5.91 Å². The largest absolute Gasteiger partial charge is 0.346 e. The van der Waals surface area contributed by atoms with Crippen LogP contribution in [0.15, 0.2) is 53.4 Å². The lowest BCUT2D eigenvalue weighted by molar-refractivity contribution is 0.0949. The lowest BCUT2D eigenvalue weighted by Gasteiger charge is -2.10. The first kappa shape index (κ1) is 20.3. The van der Waals surface area contributed by atoms with Gasteiger partial charge in [-0.25, -0.2) is 17.8 Å². The number of hydrogen-bond acceptors (Lipinski definition) is 4. The van der Waals surface area contributed by atoms with Crippen molar-refractivity contribution in [1.82, 2.24) is 19.8 Å². The first-order valence-corrected chi connectivity index (χ1v) is 11.4. The second kappa shape index (κ2) is 8.04. The van der Waals surface area contributed by atoms with Gasteiger partial charge in [-0.2, -0.15) is 5.10 Å². The van der Waals surface area contributed by atoms with Crippen molar-refractivity contribution in [2.45, 2.75) is 37.6 Å². The molecule has 0 unspecified atom stereocenters. The summed E-state index contributed by atoms with van der Waals surface area (Å²) in [4.78, 5) is 12.9. The number of carbonyl (C=O) groups excluding carboxylic acids is 1. The van der Waals surface area contributed by atoms with E-state index in [1.165, 1.54) is 30.4 Å². The molecule has 156 valence electrons. The zero-order chi connectivity index (χ0) is 21.3. The van der Waals surface area contributed by atoms with Gasteiger partial charge in [0, 0.05) is 11.3 Å². The van der Waals surface area contributed by atoms with Gasteiger partial charge >= 0.3 is 0 Å². The normalized spacial score (nSPS) is 13.3. The highest BCUT2D eigenvalue weighted by Crippen LogP contribution is 2.28. The number of para-hydroxylation sites is 1. The summed E-state index contributed by atoms with van der Waals surface area (Å²) < 4.78 is 28.4. The fourth-order valence-corrected chi connectivity index (χ4v) is 4.58. The second-order valence-corrected chi connectivity index (χ2v) is 9.23. The molecule has 1 amide bonds. The third kappa shape index (κ3) is 3.76. The number of nitrogens with one attached hydrogen (secondary N) is 2. The van der Waals surface area contributed by atoms with Crippen molar-refractivity contribution < 1.29 is 13.2 Å². The molecular weight excluding hydrogens is 400 g/mol. The minimum absolute atomic E-state index is 0.0648. The fraction of sp³-hybridized carbons (Fsp3) is 0.273. The van der Waals surface area contributed by atoms with Crippen molar-refractivity contribution in [3.05, 3.63) is 76.6 Å². The zero-order valence-electron chi connectivity index (χ0n) is 17.0. The highest BCUT2D eigenvalue weighted by atomic mass is 32.2. The molecule has 1 aliphatic carbocycles. The van der Waals surface area contributed by atoms with E-state index in [-0.39, 0.29) is 10.8 Å². The second-order valence-electron chi connectivity index (χ2n) is 7.34. The minimum Gasteiger partial charge on any atom is -0.346 e. The van der Waals surface area contributed by atoms with Crippen molar-refractivity contribution in [2.75, 3.05) is 7.05 Å². The summed E-state index contributed by atoms with van der Waals surface area (Å²) in [6.07, 6.45) is 2.99. The molecule has 0 bridgehead atoms. The first-order valence-electron chi connectivity index (χ1n) is 9.88. The monoisotopic (exact) mass is 424 g/mol. The third-order valence-electron chi connectivity index (χ3n) is 5.46. The van der Waals surface area contributed by atoms with E-state index in [4.69, 9.17) is 5.10 Å². The maximum absolute atomic E-state index is 12.8. The van der Waals surface area contributed by atoms with Gasteiger partial charge < -0.3 is 5.32 Å². The van der Waals surface area contributed by atoms with Gasteiger partial charge in [0.1, 0.15) is 0 Å². The molecule has 1 aromatic heterocycles. The SMILES string of the molecule is CNS(=O)(=O)c1ccc(C)c(C(=O)NCc2nn(-c3ccccc3)c3c2CCC3)c1. The van der Waals surface area contributed by atoms with Gasteiger partial charge in [0.15, 0.2) is 0 Å². The molecule has 0 saturated heterocycles. The Morgan fingerprint density at radius 1 is 1.13 bits per heavy atom. The van der Waals surface area contributed by atoms with Crippen LogP contribution in [0.3, 0.4) is 0 Å². The van der Waals surface area contributed by atoms with E-state index in [0.29, 0.717) is 17.7 Å². The van der Waals surface area contributed by atoms with Gasteiger partial charge in [-0.15, -0.1) is 0 Å².